The first-order valence-electron chi connectivity index (χ1n) is 6.28. The van der Waals surface area contributed by atoms with Crippen LogP contribution in [-0.4, -0.2) is 57.5 Å². The molecule has 21 heavy (non-hydrogen) atoms. The van der Waals surface area contributed by atoms with Gasteiger partial charge in [0.05, 0.1) is 6.54 Å². The minimum absolute atomic E-state index is 0.357. The number of aromatic nitrogens is 1. The van der Waals surface area contributed by atoms with Crippen LogP contribution in [0.3, 0.4) is 0 Å². The van der Waals surface area contributed by atoms with E-state index < -0.39 is 21.4 Å². The lowest BCUT2D eigenvalue weighted by Crippen LogP contribution is -2.40. The van der Waals surface area contributed by atoms with Gasteiger partial charge in [-0.1, -0.05) is 0 Å². The fourth-order valence-corrected chi connectivity index (χ4v) is 2.72. The highest BCUT2D eigenvalue weighted by Gasteiger charge is 2.25. The summed E-state index contributed by atoms with van der Waals surface area (Å²) in [5, 5.41) is 2.58. The van der Waals surface area contributed by atoms with Crippen molar-refractivity contribution in [1.82, 2.24) is 14.6 Å². The molecule has 1 rings (SSSR count). The number of H-pyrrole nitrogens is 1. The van der Waals surface area contributed by atoms with Crippen molar-refractivity contribution in [2.24, 2.45) is 0 Å². The lowest BCUT2D eigenvalue weighted by molar-refractivity contribution is -0.121. The number of sulfonamides is 1. The molecule has 0 atom stereocenters. The van der Waals surface area contributed by atoms with E-state index in [1.165, 1.54) is 13.2 Å². The minimum atomic E-state index is -4.00. The quantitative estimate of drug-likeness (QED) is 0.607. The zero-order valence-corrected chi connectivity index (χ0v) is 12.8. The molecule has 1 aromatic heterocycles. The van der Waals surface area contributed by atoms with E-state index in [4.69, 9.17) is 4.74 Å². The van der Waals surface area contributed by atoms with Crippen LogP contribution < -0.4 is 10.7 Å². The second-order valence-corrected chi connectivity index (χ2v) is 6.34. The number of aromatic amines is 1. The molecule has 0 spiro atoms. The maximum atomic E-state index is 12.2. The SMILES string of the molecule is COCCCNC(=O)CN(C)S(=O)(=O)c1c[nH]ccc1=O. The van der Waals surface area contributed by atoms with Crippen molar-refractivity contribution in [3.8, 4) is 0 Å². The number of methoxy groups -OCH3 is 1. The van der Waals surface area contributed by atoms with Crippen molar-refractivity contribution < 1.29 is 17.9 Å². The Hall–Kier alpha value is -1.71. The Kier molecular flexibility index (Phi) is 6.53. The van der Waals surface area contributed by atoms with Gasteiger partial charge in [0.2, 0.25) is 21.4 Å². The van der Waals surface area contributed by atoms with Crippen molar-refractivity contribution in [3.63, 3.8) is 0 Å². The summed E-state index contributed by atoms with van der Waals surface area (Å²) in [5.41, 5.74) is -0.624. The van der Waals surface area contributed by atoms with Crippen LogP contribution in [-0.2, 0) is 19.6 Å². The Morgan fingerprint density at radius 1 is 1.48 bits per heavy atom. The molecule has 0 saturated heterocycles. The number of rotatable bonds is 8. The molecule has 1 aromatic rings. The fourth-order valence-electron chi connectivity index (χ4n) is 1.56. The molecule has 0 aliphatic rings. The number of carbonyl (C=O) groups excluding carboxylic acids is 1. The summed E-state index contributed by atoms with van der Waals surface area (Å²) in [6.45, 7) is 0.546. The van der Waals surface area contributed by atoms with Gasteiger partial charge in [0.1, 0.15) is 4.90 Å². The molecule has 0 aliphatic heterocycles. The molecule has 0 fully saturated rings. The van der Waals surface area contributed by atoms with Gasteiger partial charge < -0.3 is 15.0 Å². The molecule has 0 radical (unpaired) electrons. The summed E-state index contributed by atoms with van der Waals surface area (Å²) < 4.78 is 30.0. The molecule has 1 amide bonds. The van der Waals surface area contributed by atoms with Gasteiger partial charge in [0, 0.05) is 45.8 Å². The summed E-state index contributed by atoms with van der Waals surface area (Å²) >= 11 is 0. The van der Waals surface area contributed by atoms with E-state index in [2.05, 4.69) is 10.3 Å². The molecule has 9 heteroatoms. The largest absolute Gasteiger partial charge is 0.385 e. The van der Waals surface area contributed by atoms with Crippen LogP contribution in [0.4, 0.5) is 0 Å². The third-order valence-electron chi connectivity index (χ3n) is 2.69. The number of hydrogen-bond acceptors (Lipinski definition) is 5. The van der Waals surface area contributed by atoms with E-state index in [1.807, 2.05) is 0 Å². The number of ether oxygens (including phenoxy) is 1. The van der Waals surface area contributed by atoms with Crippen LogP contribution in [0.15, 0.2) is 28.2 Å². The number of hydrogen-bond donors (Lipinski definition) is 2. The van der Waals surface area contributed by atoms with E-state index in [0.29, 0.717) is 19.6 Å². The van der Waals surface area contributed by atoms with Gasteiger partial charge >= 0.3 is 0 Å². The Morgan fingerprint density at radius 2 is 2.19 bits per heavy atom. The highest BCUT2D eigenvalue weighted by atomic mass is 32.2. The molecule has 0 aliphatic carbocycles. The molecular formula is C12H19N3O5S. The van der Waals surface area contributed by atoms with Crippen molar-refractivity contribution in [1.29, 1.82) is 0 Å². The van der Waals surface area contributed by atoms with Gasteiger partial charge in [-0.15, -0.1) is 0 Å². The highest BCUT2D eigenvalue weighted by molar-refractivity contribution is 7.89. The van der Waals surface area contributed by atoms with E-state index >= 15 is 0 Å². The highest BCUT2D eigenvalue weighted by Crippen LogP contribution is 2.07. The number of pyridine rings is 1. The average Bonchev–Trinajstić information content (AvgIpc) is 2.43. The zero-order chi connectivity index (χ0) is 15.9. The number of carbonyl (C=O) groups is 1. The monoisotopic (exact) mass is 317 g/mol. The lowest BCUT2D eigenvalue weighted by Gasteiger charge is -2.16. The smallest absolute Gasteiger partial charge is 0.248 e. The Balaban J connectivity index is 2.66. The summed E-state index contributed by atoms with van der Waals surface area (Å²) in [4.78, 5) is 25.4. The molecule has 118 valence electrons. The van der Waals surface area contributed by atoms with Crippen LogP contribution in [0.2, 0.25) is 0 Å². The maximum absolute atomic E-state index is 12.2. The van der Waals surface area contributed by atoms with Gasteiger partial charge in [0.15, 0.2) is 0 Å². The molecule has 0 aromatic carbocycles. The zero-order valence-electron chi connectivity index (χ0n) is 12.0. The number of nitrogens with zero attached hydrogens (tertiary/aromatic N) is 1. The topological polar surface area (TPSA) is 109 Å². The van der Waals surface area contributed by atoms with Crippen molar-refractivity contribution in [3.05, 3.63) is 28.7 Å². The van der Waals surface area contributed by atoms with E-state index in [0.717, 1.165) is 16.6 Å². The van der Waals surface area contributed by atoms with E-state index in [1.54, 1.807) is 7.11 Å². The predicted molar refractivity (Wildman–Crippen MR) is 76.4 cm³/mol. The first-order chi connectivity index (χ1) is 9.89. The van der Waals surface area contributed by atoms with Crippen LogP contribution in [0.1, 0.15) is 6.42 Å². The normalized spacial score (nSPS) is 11.6. The summed E-state index contributed by atoms with van der Waals surface area (Å²) in [7, 11) is -1.19. The van der Waals surface area contributed by atoms with Crippen molar-refractivity contribution in [2.45, 2.75) is 11.3 Å². The minimum Gasteiger partial charge on any atom is -0.385 e. The van der Waals surface area contributed by atoms with E-state index in [9.17, 15) is 18.0 Å². The third-order valence-corrected chi connectivity index (χ3v) is 4.51. The predicted octanol–water partition coefficient (Wildman–Crippen LogP) is -0.852. The summed E-state index contributed by atoms with van der Waals surface area (Å²) in [6, 6.07) is 1.12. The van der Waals surface area contributed by atoms with Crippen molar-refractivity contribution in [2.75, 3.05) is 33.9 Å². The van der Waals surface area contributed by atoms with Crippen LogP contribution in [0.25, 0.3) is 0 Å². The molecule has 1 heterocycles. The number of likely N-dealkylation sites (N-methyl/N-ethyl adjacent to an activating group) is 1. The molecule has 0 bridgehead atoms. The van der Waals surface area contributed by atoms with Crippen LogP contribution in [0.5, 0.6) is 0 Å². The van der Waals surface area contributed by atoms with Gasteiger partial charge in [-0.2, -0.15) is 4.31 Å². The number of amides is 1. The Morgan fingerprint density at radius 3 is 2.81 bits per heavy atom. The summed E-state index contributed by atoms with van der Waals surface area (Å²) in [6.07, 6.45) is 3.07. The fraction of sp³-hybridized carbons (Fsp3) is 0.500. The second kappa shape index (κ2) is 7.91. The van der Waals surface area contributed by atoms with Gasteiger partial charge in [-0.05, 0) is 6.42 Å². The van der Waals surface area contributed by atoms with Gasteiger partial charge in [-0.3, -0.25) is 9.59 Å². The van der Waals surface area contributed by atoms with Gasteiger partial charge in [-0.25, -0.2) is 8.42 Å². The standard InChI is InChI=1S/C12H19N3O5S/c1-15(9-12(17)14-5-3-7-20-2)21(18,19)11-8-13-6-4-10(11)16/h4,6,8H,3,5,7,9H2,1-2H3,(H,13,16)(H,14,17). The first kappa shape index (κ1) is 17.3. The van der Waals surface area contributed by atoms with Gasteiger partial charge in [0.25, 0.3) is 0 Å². The third kappa shape index (κ3) is 4.96. The Bertz CT molecular complexity index is 626. The average molecular weight is 317 g/mol. The first-order valence-corrected chi connectivity index (χ1v) is 7.72. The summed E-state index contributed by atoms with van der Waals surface area (Å²) in [5.74, 6) is -0.440. The molecular weight excluding hydrogens is 298 g/mol. The molecule has 0 unspecified atom stereocenters. The number of nitrogens with one attached hydrogen (secondary N) is 2. The maximum Gasteiger partial charge on any atom is 0.248 e. The molecule has 0 saturated carbocycles. The lowest BCUT2D eigenvalue weighted by atomic mass is 10.4. The van der Waals surface area contributed by atoms with E-state index in [-0.39, 0.29) is 11.4 Å². The Labute approximate surface area is 123 Å². The molecule has 2 N–H and O–H groups in total. The van der Waals surface area contributed by atoms with Crippen LogP contribution in [0, 0.1) is 0 Å². The second-order valence-electron chi connectivity index (χ2n) is 4.33. The van der Waals surface area contributed by atoms with Crippen LogP contribution >= 0.6 is 0 Å². The molecule has 8 nitrogen and oxygen atoms in total. The van der Waals surface area contributed by atoms with Crippen molar-refractivity contribution >= 4 is 15.9 Å².